The minimum absolute atomic E-state index is 0.0649. The summed E-state index contributed by atoms with van der Waals surface area (Å²) in [5, 5.41) is 12.1. The van der Waals surface area contributed by atoms with Gasteiger partial charge in [0.25, 0.3) is 5.91 Å². The zero-order valence-corrected chi connectivity index (χ0v) is 11.7. The summed E-state index contributed by atoms with van der Waals surface area (Å²) in [6, 6.07) is 0. The zero-order valence-electron chi connectivity index (χ0n) is 10.9. The molecule has 1 aliphatic rings. The smallest absolute Gasteiger partial charge is 0.285 e. The maximum atomic E-state index is 12.4. The molecule has 2 heterocycles. The van der Waals surface area contributed by atoms with Crippen LogP contribution in [0, 0.1) is 0 Å². The van der Waals surface area contributed by atoms with Gasteiger partial charge in [0.15, 0.2) is 0 Å². The largest absolute Gasteiger partial charge is 0.377 e. The molecular weight excluding hydrogens is 252 g/mol. The van der Waals surface area contributed by atoms with Gasteiger partial charge in [-0.05, 0) is 20.8 Å². The van der Waals surface area contributed by atoms with Gasteiger partial charge < -0.3 is 15.0 Å². The van der Waals surface area contributed by atoms with Crippen molar-refractivity contribution < 1.29 is 9.53 Å². The number of nitrogens with zero attached hydrogens (tertiary/aromatic N) is 3. The molecule has 2 rings (SSSR count). The van der Waals surface area contributed by atoms with E-state index in [4.69, 9.17) is 4.74 Å². The van der Waals surface area contributed by atoms with E-state index >= 15 is 0 Å². The number of rotatable bonds is 3. The summed E-state index contributed by atoms with van der Waals surface area (Å²) in [6.07, 6.45) is 0. The molecule has 1 aliphatic heterocycles. The highest BCUT2D eigenvalue weighted by Crippen LogP contribution is 2.24. The fraction of sp³-hybridized carbons (Fsp3) is 0.727. The van der Waals surface area contributed by atoms with Crippen molar-refractivity contribution in [2.45, 2.75) is 26.3 Å². The summed E-state index contributed by atoms with van der Waals surface area (Å²) in [5.41, 5.74) is -0.292. The van der Waals surface area contributed by atoms with Crippen LogP contribution in [0.3, 0.4) is 0 Å². The minimum Gasteiger partial charge on any atom is -0.377 e. The first-order valence-electron chi connectivity index (χ1n) is 6.01. The first-order chi connectivity index (χ1) is 8.54. The van der Waals surface area contributed by atoms with Crippen LogP contribution in [0.1, 0.15) is 30.6 Å². The molecule has 0 saturated carbocycles. The van der Waals surface area contributed by atoms with Gasteiger partial charge in [0.2, 0.25) is 10.1 Å². The average Bonchev–Trinajstić information content (AvgIpc) is 2.77. The van der Waals surface area contributed by atoms with Crippen LogP contribution in [0.15, 0.2) is 0 Å². The Balaban J connectivity index is 2.14. The normalized spacial score (nSPS) is 18.7. The third-order valence-corrected chi connectivity index (χ3v) is 3.70. The molecule has 0 aromatic carbocycles. The molecule has 18 heavy (non-hydrogen) atoms. The van der Waals surface area contributed by atoms with E-state index in [1.165, 1.54) is 11.3 Å². The lowest BCUT2D eigenvalue weighted by molar-refractivity contribution is -0.0371. The van der Waals surface area contributed by atoms with Gasteiger partial charge >= 0.3 is 0 Å². The molecule has 1 fully saturated rings. The maximum Gasteiger partial charge on any atom is 0.285 e. The number of amides is 1. The number of carbonyl (C=O) groups is 1. The first-order valence-corrected chi connectivity index (χ1v) is 6.83. The van der Waals surface area contributed by atoms with Gasteiger partial charge in [-0.15, -0.1) is 10.2 Å². The predicted molar refractivity (Wildman–Crippen MR) is 70.0 cm³/mol. The van der Waals surface area contributed by atoms with Gasteiger partial charge in [-0.2, -0.15) is 0 Å². The molecule has 0 unspecified atom stereocenters. The number of nitrogens with one attached hydrogen (secondary N) is 1. The van der Waals surface area contributed by atoms with Crippen molar-refractivity contribution in [3.05, 3.63) is 5.01 Å². The number of hydrogen-bond donors (Lipinski definition) is 1. The van der Waals surface area contributed by atoms with Crippen molar-refractivity contribution in [1.29, 1.82) is 0 Å². The quantitative estimate of drug-likeness (QED) is 0.894. The summed E-state index contributed by atoms with van der Waals surface area (Å²) >= 11 is 1.29. The average molecular weight is 270 g/mol. The third kappa shape index (κ3) is 2.62. The van der Waals surface area contributed by atoms with Crippen LogP contribution in [0.25, 0.3) is 0 Å². The van der Waals surface area contributed by atoms with E-state index in [0.29, 0.717) is 29.9 Å². The van der Waals surface area contributed by atoms with Crippen LogP contribution in [0.2, 0.25) is 0 Å². The van der Waals surface area contributed by atoms with Gasteiger partial charge in [-0.25, -0.2) is 0 Å². The van der Waals surface area contributed by atoms with E-state index in [1.807, 2.05) is 25.7 Å². The SMILES string of the molecule is CCNc1nnc(C(=O)N2CCOCC2(C)C)s1. The van der Waals surface area contributed by atoms with E-state index in [9.17, 15) is 4.79 Å². The van der Waals surface area contributed by atoms with Crippen LogP contribution in [-0.2, 0) is 4.74 Å². The molecule has 1 aromatic heterocycles. The van der Waals surface area contributed by atoms with Gasteiger partial charge in [0.05, 0.1) is 18.8 Å². The number of carbonyl (C=O) groups excluding carboxylic acids is 1. The second-order valence-corrected chi connectivity index (χ2v) is 5.74. The molecule has 1 aromatic rings. The van der Waals surface area contributed by atoms with Crippen molar-refractivity contribution >= 4 is 22.4 Å². The highest BCUT2D eigenvalue weighted by molar-refractivity contribution is 7.17. The molecule has 0 radical (unpaired) electrons. The summed E-state index contributed by atoms with van der Waals surface area (Å²) in [5.74, 6) is -0.0649. The number of ether oxygens (including phenoxy) is 1. The Labute approximate surface area is 110 Å². The van der Waals surface area contributed by atoms with Crippen LogP contribution >= 0.6 is 11.3 Å². The Hall–Kier alpha value is -1.21. The lowest BCUT2D eigenvalue weighted by Gasteiger charge is -2.41. The fourth-order valence-corrected chi connectivity index (χ4v) is 2.64. The second-order valence-electron chi connectivity index (χ2n) is 4.76. The molecule has 7 heteroatoms. The molecule has 1 N–H and O–H groups in total. The minimum atomic E-state index is -0.292. The van der Waals surface area contributed by atoms with Crippen LogP contribution in [-0.4, -0.2) is 52.8 Å². The highest BCUT2D eigenvalue weighted by Gasteiger charge is 2.35. The Bertz CT molecular complexity index is 432. The number of morpholine rings is 1. The lowest BCUT2D eigenvalue weighted by Crippen LogP contribution is -2.55. The Morgan fingerprint density at radius 3 is 3.00 bits per heavy atom. The highest BCUT2D eigenvalue weighted by atomic mass is 32.1. The molecular formula is C11H18N4O2S. The van der Waals surface area contributed by atoms with E-state index in [1.54, 1.807) is 0 Å². The molecule has 1 amide bonds. The van der Waals surface area contributed by atoms with E-state index in [2.05, 4.69) is 15.5 Å². The monoisotopic (exact) mass is 270 g/mol. The fourth-order valence-electron chi connectivity index (χ4n) is 1.88. The number of hydrogen-bond acceptors (Lipinski definition) is 6. The van der Waals surface area contributed by atoms with Crippen LogP contribution in [0.4, 0.5) is 5.13 Å². The Morgan fingerprint density at radius 1 is 1.56 bits per heavy atom. The molecule has 0 bridgehead atoms. The van der Waals surface area contributed by atoms with Crippen molar-refractivity contribution in [2.75, 3.05) is 31.6 Å². The molecule has 6 nitrogen and oxygen atoms in total. The lowest BCUT2D eigenvalue weighted by atomic mass is 10.0. The first kappa shape index (κ1) is 13.2. The maximum absolute atomic E-state index is 12.4. The third-order valence-electron chi connectivity index (χ3n) is 2.83. The Morgan fingerprint density at radius 2 is 2.33 bits per heavy atom. The summed E-state index contributed by atoms with van der Waals surface area (Å²) < 4.78 is 5.41. The van der Waals surface area contributed by atoms with E-state index < -0.39 is 0 Å². The predicted octanol–water partition coefficient (Wildman–Crippen LogP) is 1.22. The zero-order chi connectivity index (χ0) is 13.2. The van der Waals surface area contributed by atoms with Gasteiger partial charge in [-0.1, -0.05) is 11.3 Å². The number of anilines is 1. The topological polar surface area (TPSA) is 67.4 Å². The molecule has 0 aliphatic carbocycles. The second kappa shape index (κ2) is 5.19. The summed E-state index contributed by atoms with van der Waals surface area (Å²) in [4.78, 5) is 14.2. The van der Waals surface area contributed by atoms with Gasteiger partial charge in [-0.3, -0.25) is 4.79 Å². The van der Waals surface area contributed by atoms with Crippen LogP contribution in [0.5, 0.6) is 0 Å². The van der Waals surface area contributed by atoms with E-state index in [-0.39, 0.29) is 11.4 Å². The number of aromatic nitrogens is 2. The van der Waals surface area contributed by atoms with Crippen molar-refractivity contribution in [1.82, 2.24) is 15.1 Å². The standard InChI is InChI=1S/C11H18N4O2S/c1-4-12-10-14-13-8(18-10)9(16)15-5-6-17-7-11(15,2)3/h4-7H2,1-3H3,(H,12,14). The molecule has 1 saturated heterocycles. The molecule has 100 valence electrons. The van der Waals surface area contributed by atoms with Gasteiger partial charge in [0.1, 0.15) is 0 Å². The van der Waals surface area contributed by atoms with E-state index in [0.717, 1.165) is 6.54 Å². The summed E-state index contributed by atoms with van der Waals surface area (Å²) in [7, 11) is 0. The molecule has 0 spiro atoms. The molecule has 0 atom stereocenters. The van der Waals surface area contributed by atoms with Crippen LogP contribution < -0.4 is 5.32 Å². The summed E-state index contributed by atoms with van der Waals surface area (Å²) in [6.45, 7) is 8.47. The van der Waals surface area contributed by atoms with Crippen molar-refractivity contribution in [2.24, 2.45) is 0 Å². The van der Waals surface area contributed by atoms with Crippen molar-refractivity contribution in [3.63, 3.8) is 0 Å². The van der Waals surface area contributed by atoms with Gasteiger partial charge in [0, 0.05) is 13.1 Å². The van der Waals surface area contributed by atoms with Crippen molar-refractivity contribution in [3.8, 4) is 0 Å². The Kier molecular flexibility index (Phi) is 3.82.